The number of rotatable bonds is 14. The van der Waals surface area contributed by atoms with Crippen LogP contribution in [0.25, 0.3) is 0 Å². The molecule has 0 aliphatic carbocycles. The maximum atomic E-state index is 5.72. The molecule has 6 heteroatoms. The lowest BCUT2D eigenvalue weighted by Gasteiger charge is -2.12. The molecule has 0 saturated carbocycles. The number of nitrogens with zero attached hydrogens (tertiary/aromatic N) is 1. The van der Waals surface area contributed by atoms with Crippen molar-refractivity contribution in [1.82, 2.24) is 10.6 Å². The molecule has 1 unspecified atom stereocenters. The normalized spacial score (nSPS) is 17.0. The maximum absolute atomic E-state index is 5.72. The van der Waals surface area contributed by atoms with E-state index in [-0.39, 0.29) is 0 Å². The highest BCUT2D eigenvalue weighted by atomic mass is 16.5. The number of nitrogens with one attached hydrogen (secondary N) is 2. The van der Waals surface area contributed by atoms with E-state index in [0.29, 0.717) is 12.7 Å². The van der Waals surface area contributed by atoms with Crippen LogP contribution >= 0.6 is 0 Å². The highest BCUT2D eigenvalue weighted by Crippen LogP contribution is 2.11. The molecule has 2 rings (SSSR count). The number of ether oxygens (including phenoxy) is 3. The second kappa shape index (κ2) is 15.3. The average molecular weight is 392 g/mol. The summed E-state index contributed by atoms with van der Waals surface area (Å²) in [5, 5.41) is 6.64. The van der Waals surface area contributed by atoms with Crippen molar-refractivity contribution in [2.24, 2.45) is 4.99 Å². The van der Waals surface area contributed by atoms with E-state index in [1.165, 1.54) is 5.56 Å². The number of hydrogen-bond acceptors (Lipinski definition) is 4. The minimum absolute atomic E-state index is 0.303. The van der Waals surface area contributed by atoms with Crippen molar-refractivity contribution in [2.45, 2.75) is 45.1 Å². The summed E-state index contributed by atoms with van der Waals surface area (Å²) in [6.45, 7) is 8.41. The smallest absolute Gasteiger partial charge is 0.191 e. The summed E-state index contributed by atoms with van der Waals surface area (Å²) in [7, 11) is 0. The molecule has 2 N–H and O–H groups in total. The SMILES string of the molecule is CCNC(=NCCCOCC1CCCO1)NCCCOCCc1ccccc1. The zero-order chi connectivity index (χ0) is 19.7. The van der Waals surface area contributed by atoms with Crippen LogP contribution in [-0.2, 0) is 20.6 Å². The fraction of sp³-hybridized carbons (Fsp3) is 0.682. The molecule has 0 spiro atoms. The van der Waals surface area contributed by atoms with Crippen molar-refractivity contribution in [3.05, 3.63) is 35.9 Å². The standard InChI is InChI=1S/C22H37N3O3/c1-2-23-22(25-14-8-16-27-19-21-11-6-17-28-21)24-13-7-15-26-18-12-20-9-4-3-5-10-20/h3-5,9-10,21H,2,6-8,11-19H2,1H3,(H2,23,24,25). The van der Waals surface area contributed by atoms with Crippen molar-refractivity contribution < 1.29 is 14.2 Å². The monoisotopic (exact) mass is 391 g/mol. The van der Waals surface area contributed by atoms with E-state index in [1.807, 2.05) is 6.07 Å². The van der Waals surface area contributed by atoms with Gasteiger partial charge in [0.1, 0.15) is 0 Å². The van der Waals surface area contributed by atoms with Crippen LogP contribution in [0.4, 0.5) is 0 Å². The van der Waals surface area contributed by atoms with E-state index in [9.17, 15) is 0 Å². The lowest BCUT2D eigenvalue weighted by molar-refractivity contribution is 0.0171. The van der Waals surface area contributed by atoms with Gasteiger partial charge < -0.3 is 24.8 Å². The zero-order valence-electron chi connectivity index (χ0n) is 17.3. The molecule has 0 amide bonds. The Hall–Kier alpha value is -1.63. The maximum Gasteiger partial charge on any atom is 0.191 e. The van der Waals surface area contributed by atoms with E-state index in [2.05, 4.69) is 46.8 Å². The number of aliphatic imine (C=N–C) groups is 1. The van der Waals surface area contributed by atoms with Gasteiger partial charge in [-0.1, -0.05) is 30.3 Å². The summed E-state index contributed by atoms with van der Waals surface area (Å²) in [5.74, 6) is 0.867. The van der Waals surface area contributed by atoms with Crippen LogP contribution in [0, 0.1) is 0 Å². The molecule has 1 heterocycles. The predicted molar refractivity (Wildman–Crippen MR) is 114 cm³/mol. The molecular formula is C22H37N3O3. The van der Waals surface area contributed by atoms with Gasteiger partial charge in [-0.25, -0.2) is 0 Å². The first-order valence-electron chi connectivity index (χ1n) is 10.7. The Bertz CT molecular complexity index is 519. The molecule has 6 nitrogen and oxygen atoms in total. The molecule has 28 heavy (non-hydrogen) atoms. The Balaban J connectivity index is 1.45. The molecule has 158 valence electrons. The molecule has 1 aromatic carbocycles. The van der Waals surface area contributed by atoms with Crippen LogP contribution in [0.2, 0.25) is 0 Å². The third-order valence-corrected chi connectivity index (χ3v) is 4.52. The summed E-state index contributed by atoms with van der Waals surface area (Å²) in [4.78, 5) is 4.60. The van der Waals surface area contributed by atoms with Crippen molar-refractivity contribution in [1.29, 1.82) is 0 Å². The van der Waals surface area contributed by atoms with E-state index in [4.69, 9.17) is 14.2 Å². The van der Waals surface area contributed by atoms with Crippen LogP contribution in [0.15, 0.2) is 35.3 Å². The van der Waals surface area contributed by atoms with Crippen LogP contribution in [0.5, 0.6) is 0 Å². The van der Waals surface area contributed by atoms with Gasteiger partial charge >= 0.3 is 0 Å². The molecule has 1 fully saturated rings. The quantitative estimate of drug-likeness (QED) is 0.290. The highest BCUT2D eigenvalue weighted by Gasteiger charge is 2.14. The summed E-state index contributed by atoms with van der Waals surface area (Å²) in [6.07, 6.45) is 5.44. The van der Waals surface area contributed by atoms with Crippen molar-refractivity contribution >= 4 is 5.96 Å². The van der Waals surface area contributed by atoms with Gasteiger partial charge in [0.25, 0.3) is 0 Å². The first kappa shape index (κ1) is 22.7. The second-order valence-electron chi connectivity index (χ2n) is 6.95. The minimum atomic E-state index is 0.303. The van der Waals surface area contributed by atoms with Gasteiger partial charge in [0.15, 0.2) is 5.96 Å². The summed E-state index contributed by atoms with van der Waals surface area (Å²) < 4.78 is 16.9. The molecule has 0 bridgehead atoms. The van der Waals surface area contributed by atoms with Crippen LogP contribution in [0.3, 0.4) is 0 Å². The van der Waals surface area contributed by atoms with E-state index in [0.717, 1.165) is 84.1 Å². The van der Waals surface area contributed by atoms with Gasteiger partial charge in [0.2, 0.25) is 0 Å². The lowest BCUT2D eigenvalue weighted by Crippen LogP contribution is -2.38. The predicted octanol–water partition coefficient (Wildman–Crippen LogP) is 2.78. The molecule has 1 saturated heterocycles. The van der Waals surface area contributed by atoms with E-state index < -0.39 is 0 Å². The molecular weight excluding hydrogens is 354 g/mol. The summed E-state index contributed by atoms with van der Waals surface area (Å²) >= 11 is 0. The van der Waals surface area contributed by atoms with Gasteiger partial charge in [-0.15, -0.1) is 0 Å². The van der Waals surface area contributed by atoms with Crippen LogP contribution < -0.4 is 10.6 Å². The molecule has 0 radical (unpaired) electrons. The number of guanidine groups is 1. The molecule has 1 aromatic rings. The molecule has 1 aliphatic heterocycles. The number of benzene rings is 1. The average Bonchev–Trinajstić information content (AvgIpc) is 3.24. The molecule has 1 atom stereocenters. The third kappa shape index (κ3) is 10.6. The first-order chi connectivity index (χ1) is 13.9. The topological polar surface area (TPSA) is 64.1 Å². The second-order valence-corrected chi connectivity index (χ2v) is 6.95. The molecule has 1 aliphatic rings. The highest BCUT2D eigenvalue weighted by molar-refractivity contribution is 5.79. The Kier molecular flexibility index (Phi) is 12.4. The Morgan fingerprint density at radius 1 is 1.11 bits per heavy atom. The largest absolute Gasteiger partial charge is 0.381 e. The van der Waals surface area contributed by atoms with Crippen molar-refractivity contribution in [3.63, 3.8) is 0 Å². The Morgan fingerprint density at radius 3 is 2.75 bits per heavy atom. The molecule has 0 aromatic heterocycles. The van der Waals surface area contributed by atoms with Crippen LogP contribution in [0.1, 0.15) is 38.2 Å². The minimum Gasteiger partial charge on any atom is -0.381 e. The lowest BCUT2D eigenvalue weighted by atomic mass is 10.2. The van der Waals surface area contributed by atoms with Gasteiger partial charge in [-0.2, -0.15) is 0 Å². The van der Waals surface area contributed by atoms with E-state index >= 15 is 0 Å². The fourth-order valence-corrected chi connectivity index (χ4v) is 3.01. The van der Waals surface area contributed by atoms with E-state index in [1.54, 1.807) is 0 Å². The van der Waals surface area contributed by atoms with Gasteiger partial charge in [-0.05, 0) is 44.6 Å². The summed E-state index contributed by atoms with van der Waals surface area (Å²) in [6, 6.07) is 10.4. The number of hydrogen-bond donors (Lipinski definition) is 2. The fourth-order valence-electron chi connectivity index (χ4n) is 3.01. The van der Waals surface area contributed by atoms with Gasteiger partial charge in [0, 0.05) is 39.5 Å². The van der Waals surface area contributed by atoms with Crippen molar-refractivity contribution in [2.75, 3.05) is 52.7 Å². The third-order valence-electron chi connectivity index (χ3n) is 4.52. The van der Waals surface area contributed by atoms with Crippen molar-refractivity contribution in [3.8, 4) is 0 Å². The first-order valence-corrected chi connectivity index (χ1v) is 10.7. The Labute approximate surface area is 170 Å². The van der Waals surface area contributed by atoms with Gasteiger partial charge in [0.05, 0.1) is 19.3 Å². The Morgan fingerprint density at radius 2 is 1.96 bits per heavy atom. The summed E-state index contributed by atoms with van der Waals surface area (Å²) in [5.41, 5.74) is 1.32. The zero-order valence-corrected chi connectivity index (χ0v) is 17.3. The van der Waals surface area contributed by atoms with Crippen LogP contribution in [-0.4, -0.2) is 64.7 Å². The van der Waals surface area contributed by atoms with Gasteiger partial charge in [-0.3, -0.25) is 4.99 Å².